The molecule has 3 unspecified atom stereocenters. The van der Waals surface area contributed by atoms with Crippen LogP contribution in [0, 0.1) is 0 Å². The fourth-order valence-corrected chi connectivity index (χ4v) is 5.14. The third kappa shape index (κ3) is 2.56. The summed E-state index contributed by atoms with van der Waals surface area (Å²) >= 11 is 0. The zero-order valence-electron chi connectivity index (χ0n) is 15.2. The van der Waals surface area contributed by atoms with Gasteiger partial charge in [-0.15, -0.1) is 0 Å². The number of amides is 4. The van der Waals surface area contributed by atoms with Gasteiger partial charge in [0.2, 0.25) is 5.91 Å². The summed E-state index contributed by atoms with van der Waals surface area (Å²) in [5.74, 6) is -0.434. The predicted molar refractivity (Wildman–Crippen MR) is 97.8 cm³/mol. The van der Waals surface area contributed by atoms with Gasteiger partial charge >= 0.3 is 6.03 Å². The highest BCUT2D eigenvalue weighted by molar-refractivity contribution is 6.09. The molecule has 1 aromatic carbocycles. The highest BCUT2D eigenvalue weighted by Gasteiger charge is 2.55. The van der Waals surface area contributed by atoms with Crippen molar-refractivity contribution >= 4 is 17.8 Å². The molecule has 0 radical (unpaired) electrons. The highest BCUT2D eigenvalue weighted by atomic mass is 16.2. The van der Waals surface area contributed by atoms with E-state index >= 15 is 0 Å². The molecule has 3 heterocycles. The van der Waals surface area contributed by atoms with Crippen molar-refractivity contribution < 1.29 is 14.4 Å². The molecule has 1 spiro atoms. The Balaban J connectivity index is 1.34. The third-order valence-electron chi connectivity index (χ3n) is 6.59. The van der Waals surface area contributed by atoms with Crippen LogP contribution in [0.5, 0.6) is 0 Å². The molecule has 2 N–H and O–H groups in total. The first-order valence-electron chi connectivity index (χ1n) is 9.83. The lowest BCUT2D eigenvalue weighted by Gasteiger charge is -2.26. The molecule has 3 aliphatic heterocycles. The van der Waals surface area contributed by atoms with Gasteiger partial charge in [-0.2, -0.15) is 0 Å². The van der Waals surface area contributed by atoms with Crippen LogP contribution in [0.15, 0.2) is 24.3 Å². The molecular formula is C20H24N4O3. The average Bonchev–Trinajstić information content (AvgIpc) is 3.26. The number of hydrogen-bond donors (Lipinski definition) is 2. The van der Waals surface area contributed by atoms with Gasteiger partial charge in [0, 0.05) is 25.2 Å². The molecule has 1 aliphatic carbocycles. The van der Waals surface area contributed by atoms with Crippen LogP contribution in [-0.4, -0.2) is 59.4 Å². The number of carbonyl (C=O) groups is 3. The van der Waals surface area contributed by atoms with E-state index in [1.165, 1.54) is 6.42 Å². The van der Waals surface area contributed by atoms with Crippen LogP contribution in [0.2, 0.25) is 0 Å². The van der Waals surface area contributed by atoms with Crippen LogP contribution in [0.25, 0.3) is 0 Å². The van der Waals surface area contributed by atoms with E-state index in [0.717, 1.165) is 35.3 Å². The quantitative estimate of drug-likeness (QED) is 0.754. The number of aryl methyl sites for hydroxylation is 1. The molecule has 0 saturated carbocycles. The zero-order valence-corrected chi connectivity index (χ0v) is 15.2. The predicted octanol–water partition coefficient (Wildman–Crippen LogP) is 0.733. The van der Waals surface area contributed by atoms with Gasteiger partial charge in [-0.3, -0.25) is 14.5 Å². The molecule has 2 bridgehead atoms. The van der Waals surface area contributed by atoms with Gasteiger partial charge < -0.3 is 15.5 Å². The average molecular weight is 368 g/mol. The minimum atomic E-state index is -0.993. The summed E-state index contributed by atoms with van der Waals surface area (Å²) in [6.45, 7) is 1.17. The summed E-state index contributed by atoms with van der Waals surface area (Å²) in [5.41, 5.74) is 0.969. The number of hydrogen-bond acceptors (Lipinski definition) is 4. The van der Waals surface area contributed by atoms with Crippen LogP contribution in [-0.2, 0) is 21.5 Å². The molecule has 27 heavy (non-hydrogen) atoms. The molecule has 7 heteroatoms. The van der Waals surface area contributed by atoms with Crippen molar-refractivity contribution in [2.24, 2.45) is 0 Å². The molecular weight excluding hydrogens is 344 g/mol. The van der Waals surface area contributed by atoms with E-state index in [-0.39, 0.29) is 18.4 Å². The number of nitrogens with zero attached hydrogens (tertiary/aromatic N) is 2. The lowest BCUT2D eigenvalue weighted by atomic mass is 9.92. The number of imide groups is 1. The molecule has 1 aromatic rings. The number of benzene rings is 1. The van der Waals surface area contributed by atoms with Crippen molar-refractivity contribution in [2.45, 2.75) is 49.7 Å². The van der Waals surface area contributed by atoms with Crippen LogP contribution >= 0.6 is 0 Å². The van der Waals surface area contributed by atoms with Gasteiger partial charge in [-0.1, -0.05) is 24.3 Å². The maximum Gasteiger partial charge on any atom is 0.325 e. The summed E-state index contributed by atoms with van der Waals surface area (Å²) in [6.07, 6.45) is 4.49. The summed E-state index contributed by atoms with van der Waals surface area (Å²) < 4.78 is 0. The largest absolute Gasteiger partial charge is 0.340 e. The van der Waals surface area contributed by atoms with Crippen LogP contribution in [0.3, 0.4) is 0 Å². The standard InChI is InChI=1S/C20H24N4O3/c25-17(23-10-8-14-5-6-15(11-23)21-14)12-24-18(26)20(22-19(24)27)9-7-13-3-1-2-4-16(13)20/h1-4,14-15,21H,5-12H2,(H,22,27). The van der Waals surface area contributed by atoms with Crippen molar-refractivity contribution in [2.75, 3.05) is 19.6 Å². The molecule has 3 saturated heterocycles. The molecule has 142 valence electrons. The number of urea groups is 1. The second kappa shape index (κ2) is 6.05. The number of fused-ring (bicyclic) bond motifs is 4. The number of likely N-dealkylation sites (tertiary alicyclic amines) is 1. The minimum Gasteiger partial charge on any atom is -0.340 e. The van der Waals surface area contributed by atoms with E-state index in [9.17, 15) is 14.4 Å². The van der Waals surface area contributed by atoms with Gasteiger partial charge in [-0.25, -0.2) is 4.79 Å². The van der Waals surface area contributed by atoms with Gasteiger partial charge in [0.25, 0.3) is 5.91 Å². The fraction of sp³-hybridized carbons (Fsp3) is 0.550. The first-order valence-corrected chi connectivity index (χ1v) is 9.83. The SMILES string of the molecule is O=C(CN1C(=O)NC2(CCc3ccccc32)C1=O)N1CCC2CCC(C1)N2. The Morgan fingerprint density at radius 2 is 1.96 bits per heavy atom. The summed E-state index contributed by atoms with van der Waals surface area (Å²) in [7, 11) is 0. The van der Waals surface area contributed by atoms with Crippen LogP contribution < -0.4 is 10.6 Å². The zero-order chi connectivity index (χ0) is 18.6. The summed E-state index contributed by atoms with van der Waals surface area (Å²) in [4.78, 5) is 41.5. The normalized spacial score (nSPS) is 32.0. The Labute approximate surface area is 158 Å². The van der Waals surface area contributed by atoms with Gasteiger partial charge in [-0.05, 0) is 43.2 Å². The van der Waals surface area contributed by atoms with Crippen LogP contribution in [0.1, 0.15) is 36.8 Å². The molecule has 4 aliphatic rings. The third-order valence-corrected chi connectivity index (χ3v) is 6.59. The summed E-state index contributed by atoms with van der Waals surface area (Å²) in [5, 5.41) is 6.43. The van der Waals surface area contributed by atoms with E-state index < -0.39 is 11.6 Å². The van der Waals surface area contributed by atoms with Crippen molar-refractivity contribution in [1.82, 2.24) is 20.4 Å². The maximum atomic E-state index is 13.2. The Bertz CT molecular complexity index is 825. The van der Waals surface area contributed by atoms with E-state index in [1.807, 2.05) is 29.2 Å². The first kappa shape index (κ1) is 16.7. The Morgan fingerprint density at radius 3 is 2.85 bits per heavy atom. The van der Waals surface area contributed by atoms with Crippen molar-refractivity contribution in [1.29, 1.82) is 0 Å². The molecule has 7 nitrogen and oxygen atoms in total. The Morgan fingerprint density at radius 1 is 1.15 bits per heavy atom. The fourth-order valence-electron chi connectivity index (χ4n) is 5.14. The summed E-state index contributed by atoms with van der Waals surface area (Å²) in [6, 6.07) is 8.10. The number of carbonyl (C=O) groups excluding carboxylic acids is 3. The molecule has 0 aromatic heterocycles. The lowest BCUT2D eigenvalue weighted by molar-refractivity contribution is -0.139. The topological polar surface area (TPSA) is 81.8 Å². The van der Waals surface area contributed by atoms with Crippen molar-refractivity contribution in [3.63, 3.8) is 0 Å². The van der Waals surface area contributed by atoms with E-state index in [2.05, 4.69) is 10.6 Å². The van der Waals surface area contributed by atoms with Gasteiger partial charge in [0.1, 0.15) is 12.1 Å². The highest BCUT2D eigenvalue weighted by Crippen LogP contribution is 2.41. The van der Waals surface area contributed by atoms with Gasteiger partial charge in [0.05, 0.1) is 0 Å². The van der Waals surface area contributed by atoms with Crippen molar-refractivity contribution in [3.05, 3.63) is 35.4 Å². The second-order valence-corrected chi connectivity index (χ2v) is 8.15. The Hall–Kier alpha value is -2.41. The minimum absolute atomic E-state index is 0.142. The molecule has 5 rings (SSSR count). The van der Waals surface area contributed by atoms with Crippen LogP contribution in [0.4, 0.5) is 4.79 Å². The van der Waals surface area contributed by atoms with E-state index in [0.29, 0.717) is 31.6 Å². The molecule has 4 amide bonds. The van der Waals surface area contributed by atoms with Gasteiger partial charge in [0.15, 0.2) is 0 Å². The smallest absolute Gasteiger partial charge is 0.325 e. The number of rotatable bonds is 2. The number of nitrogens with one attached hydrogen (secondary N) is 2. The van der Waals surface area contributed by atoms with E-state index in [4.69, 9.17) is 0 Å². The maximum absolute atomic E-state index is 13.2. The van der Waals surface area contributed by atoms with E-state index in [1.54, 1.807) is 0 Å². The molecule has 3 fully saturated rings. The second-order valence-electron chi connectivity index (χ2n) is 8.15. The Kier molecular flexibility index (Phi) is 3.75. The first-order chi connectivity index (χ1) is 13.1. The monoisotopic (exact) mass is 368 g/mol. The molecule has 3 atom stereocenters. The lowest BCUT2D eigenvalue weighted by Crippen LogP contribution is -2.47. The van der Waals surface area contributed by atoms with Crippen molar-refractivity contribution in [3.8, 4) is 0 Å².